The highest BCUT2D eigenvalue weighted by molar-refractivity contribution is 7.12. The van der Waals surface area contributed by atoms with Crippen LogP contribution in [-0.2, 0) is 0 Å². The Hall–Kier alpha value is -2.71. The van der Waals surface area contributed by atoms with Gasteiger partial charge in [-0.15, -0.1) is 16.4 Å². The second-order valence-electron chi connectivity index (χ2n) is 6.54. The van der Waals surface area contributed by atoms with Gasteiger partial charge in [-0.2, -0.15) is 0 Å². The SMILES string of the molecule is O=C(NC1CCN(C(=O)c2cn(-c3ccc(Cl)cc3)nn2)CC1)c1cccs1. The predicted octanol–water partition coefficient (Wildman–Crippen LogP) is 3.02. The van der Waals surface area contributed by atoms with Crippen LogP contribution in [0.2, 0.25) is 5.02 Å². The topological polar surface area (TPSA) is 80.1 Å². The minimum absolute atomic E-state index is 0.0503. The fourth-order valence-corrected chi connectivity index (χ4v) is 3.89. The molecular formula is C19H18ClN5O2S. The molecule has 1 aromatic carbocycles. The molecule has 3 aromatic rings. The molecule has 0 aliphatic carbocycles. The molecule has 4 rings (SSSR count). The first-order valence-electron chi connectivity index (χ1n) is 8.92. The van der Waals surface area contributed by atoms with E-state index < -0.39 is 0 Å². The smallest absolute Gasteiger partial charge is 0.276 e. The van der Waals surface area contributed by atoms with E-state index in [4.69, 9.17) is 11.6 Å². The number of thiophene rings is 1. The molecular weight excluding hydrogens is 398 g/mol. The fraction of sp³-hybridized carbons (Fsp3) is 0.263. The van der Waals surface area contributed by atoms with Gasteiger partial charge in [0.15, 0.2) is 5.69 Å². The van der Waals surface area contributed by atoms with E-state index in [1.165, 1.54) is 11.3 Å². The van der Waals surface area contributed by atoms with E-state index in [0.29, 0.717) is 41.5 Å². The largest absolute Gasteiger partial charge is 0.348 e. The fourth-order valence-electron chi connectivity index (χ4n) is 3.14. The zero-order valence-corrected chi connectivity index (χ0v) is 16.5. The molecule has 1 aliphatic rings. The van der Waals surface area contributed by atoms with E-state index in [9.17, 15) is 9.59 Å². The number of likely N-dealkylation sites (tertiary alicyclic amines) is 1. The Bertz CT molecular complexity index is 963. The second-order valence-corrected chi connectivity index (χ2v) is 7.93. The molecule has 0 atom stereocenters. The van der Waals surface area contributed by atoms with Gasteiger partial charge in [0.1, 0.15) is 0 Å². The summed E-state index contributed by atoms with van der Waals surface area (Å²) in [6, 6.07) is 10.9. The lowest BCUT2D eigenvalue weighted by atomic mass is 10.0. The van der Waals surface area contributed by atoms with E-state index in [1.807, 2.05) is 29.6 Å². The van der Waals surface area contributed by atoms with Crippen molar-refractivity contribution in [1.82, 2.24) is 25.2 Å². The quantitative estimate of drug-likeness (QED) is 0.710. The zero-order chi connectivity index (χ0) is 19.5. The lowest BCUT2D eigenvalue weighted by Crippen LogP contribution is -2.46. The van der Waals surface area contributed by atoms with Crippen molar-refractivity contribution in [3.8, 4) is 5.69 Å². The number of carbonyl (C=O) groups is 2. The monoisotopic (exact) mass is 415 g/mol. The molecule has 1 fully saturated rings. The second kappa shape index (κ2) is 8.12. The number of halogens is 1. The van der Waals surface area contributed by atoms with Gasteiger partial charge in [-0.25, -0.2) is 4.68 Å². The molecule has 9 heteroatoms. The summed E-state index contributed by atoms with van der Waals surface area (Å²) in [6.45, 7) is 1.14. The summed E-state index contributed by atoms with van der Waals surface area (Å²) in [4.78, 5) is 27.3. The minimum atomic E-state index is -0.150. The molecule has 7 nitrogen and oxygen atoms in total. The van der Waals surface area contributed by atoms with Crippen molar-refractivity contribution in [3.05, 3.63) is 63.6 Å². The Labute approximate surface area is 170 Å². The van der Waals surface area contributed by atoms with Crippen LogP contribution in [-0.4, -0.2) is 50.8 Å². The number of amides is 2. The summed E-state index contributed by atoms with van der Waals surface area (Å²) in [5.74, 6) is -0.200. The zero-order valence-electron chi connectivity index (χ0n) is 14.9. The van der Waals surface area contributed by atoms with E-state index in [-0.39, 0.29) is 17.9 Å². The summed E-state index contributed by atoms with van der Waals surface area (Å²) < 4.78 is 1.55. The van der Waals surface area contributed by atoms with Crippen molar-refractivity contribution < 1.29 is 9.59 Å². The maximum absolute atomic E-state index is 12.7. The molecule has 2 amide bonds. The third kappa shape index (κ3) is 4.07. The average Bonchev–Trinajstić information content (AvgIpc) is 3.41. The van der Waals surface area contributed by atoms with Gasteiger partial charge in [0.25, 0.3) is 11.8 Å². The molecule has 2 aromatic heterocycles. The van der Waals surface area contributed by atoms with Crippen LogP contribution in [0.25, 0.3) is 5.69 Å². The van der Waals surface area contributed by atoms with Gasteiger partial charge in [-0.1, -0.05) is 22.9 Å². The molecule has 144 valence electrons. The number of rotatable bonds is 4. The van der Waals surface area contributed by atoms with E-state index in [0.717, 1.165) is 5.69 Å². The summed E-state index contributed by atoms with van der Waals surface area (Å²) in [7, 11) is 0. The summed E-state index contributed by atoms with van der Waals surface area (Å²) >= 11 is 7.32. The first kappa shape index (κ1) is 18.6. The third-order valence-electron chi connectivity index (χ3n) is 4.67. The molecule has 0 unspecified atom stereocenters. The number of nitrogens with one attached hydrogen (secondary N) is 1. The van der Waals surface area contributed by atoms with Crippen LogP contribution in [0, 0.1) is 0 Å². The standard InChI is InChI=1S/C19H18ClN5O2S/c20-13-3-5-15(6-4-13)25-12-16(22-23-25)19(27)24-9-7-14(8-10-24)21-18(26)17-2-1-11-28-17/h1-6,11-12,14H,7-10H2,(H,21,26). The molecule has 28 heavy (non-hydrogen) atoms. The summed E-state index contributed by atoms with van der Waals surface area (Å²) in [5, 5.41) is 13.6. The molecule has 0 saturated carbocycles. The van der Waals surface area contributed by atoms with Crippen molar-refractivity contribution in [1.29, 1.82) is 0 Å². The lowest BCUT2D eigenvalue weighted by Gasteiger charge is -2.31. The van der Waals surface area contributed by atoms with Crippen molar-refractivity contribution in [2.24, 2.45) is 0 Å². The number of carbonyl (C=O) groups excluding carboxylic acids is 2. The number of benzene rings is 1. The van der Waals surface area contributed by atoms with Crippen molar-refractivity contribution >= 4 is 34.8 Å². The third-order valence-corrected chi connectivity index (χ3v) is 5.79. The van der Waals surface area contributed by atoms with Gasteiger partial charge in [-0.3, -0.25) is 9.59 Å². The lowest BCUT2D eigenvalue weighted by molar-refractivity contribution is 0.0692. The number of hydrogen-bond acceptors (Lipinski definition) is 5. The van der Waals surface area contributed by atoms with E-state index in [1.54, 1.807) is 27.9 Å². The Morgan fingerprint density at radius 1 is 1.14 bits per heavy atom. The Morgan fingerprint density at radius 2 is 1.89 bits per heavy atom. The Balaban J connectivity index is 1.34. The highest BCUT2D eigenvalue weighted by Gasteiger charge is 2.26. The van der Waals surface area contributed by atoms with Crippen LogP contribution in [0.5, 0.6) is 0 Å². The van der Waals surface area contributed by atoms with Crippen molar-refractivity contribution in [2.75, 3.05) is 13.1 Å². The van der Waals surface area contributed by atoms with Crippen LogP contribution < -0.4 is 5.32 Å². The minimum Gasteiger partial charge on any atom is -0.348 e. The van der Waals surface area contributed by atoms with Crippen LogP contribution in [0.3, 0.4) is 0 Å². The number of aromatic nitrogens is 3. The highest BCUT2D eigenvalue weighted by atomic mass is 35.5. The van der Waals surface area contributed by atoms with Crippen LogP contribution in [0.15, 0.2) is 48.0 Å². The van der Waals surface area contributed by atoms with E-state index in [2.05, 4.69) is 15.6 Å². The van der Waals surface area contributed by atoms with Crippen LogP contribution in [0.4, 0.5) is 0 Å². The first-order chi connectivity index (χ1) is 13.6. The molecule has 0 radical (unpaired) electrons. The Kier molecular flexibility index (Phi) is 5.40. The number of hydrogen-bond donors (Lipinski definition) is 1. The number of nitrogens with zero attached hydrogens (tertiary/aromatic N) is 4. The van der Waals surface area contributed by atoms with Gasteiger partial charge in [-0.05, 0) is 48.6 Å². The van der Waals surface area contributed by atoms with Gasteiger partial charge in [0.2, 0.25) is 0 Å². The normalized spacial score (nSPS) is 14.8. The molecule has 1 aliphatic heterocycles. The highest BCUT2D eigenvalue weighted by Crippen LogP contribution is 2.16. The maximum atomic E-state index is 12.7. The molecule has 0 bridgehead atoms. The van der Waals surface area contributed by atoms with Gasteiger partial charge in [0.05, 0.1) is 16.8 Å². The van der Waals surface area contributed by atoms with E-state index >= 15 is 0 Å². The molecule has 0 spiro atoms. The van der Waals surface area contributed by atoms with Crippen molar-refractivity contribution in [3.63, 3.8) is 0 Å². The summed E-state index contributed by atoms with van der Waals surface area (Å²) in [5.41, 5.74) is 1.09. The predicted molar refractivity (Wildman–Crippen MR) is 107 cm³/mol. The van der Waals surface area contributed by atoms with Crippen LogP contribution in [0.1, 0.15) is 33.0 Å². The average molecular weight is 416 g/mol. The van der Waals surface area contributed by atoms with Crippen LogP contribution >= 0.6 is 22.9 Å². The van der Waals surface area contributed by atoms with Gasteiger partial charge in [0, 0.05) is 24.2 Å². The van der Waals surface area contributed by atoms with Gasteiger partial charge < -0.3 is 10.2 Å². The summed E-state index contributed by atoms with van der Waals surface area (Å²) in [6.07, 6.45) is 3.05. The molecule has 1 N–H and O–H groups in total. The maximum Gasteiger partial charge on any atom is 0.276 e. The van der Waals surface area contributed by atoms with Gasteiger partial charge >= 0.3 is 0 Å². The number of piperidine rings is 1. The molecule has 1 saturated heterocycles. The van der Waals surface area contributed by atoms with Crippen molar-refractivity contribution in [2.45, 2.75) is 18.9 Å². The molecule has 3 heterocycles. The Morgan fingerprint density at radius 3 is 2.57 bits per heavy atom. The first-order valence-corrected chi connectivity index (χ1v) is 10.2.